The zero-order valence-electron chi connectivity index (χ0n) is 15.3. The normalized spacial score (nSPS) is 9.36. The van der Waals surface area contributed by atoms with E-state index in [9.17, 15) is 21.0 Å². The highest BCUT2D eigenvalue weighted by molar-refractivity contribution is 5.77. The molecule has 0 aliphatic heterocycles. The molecule has 0 aliphatic carbocycles. The van der Waals surface area contributed by atoms with Crippen LogP contribution in [-0.2, 0) is 0 Å². The van der Waals surface area contributed by atoms with Crippen molar-refractivity contribution in [1.82, 2.24) is 0 Å². The van der Waals surface area contributed by atoms with Gasteiger partial charge in [0.25, 0.3) is 0 Å². The average Bonchev–Trinajstić information content (AvgIpc) is 2.72. The van der Waals surface area contributed by atoms with Crippen LogP contribution in [0.2, 0.25) is 0 Å². The number of benzene rings is 1. The summed E-state index contributed by atoms with van der Waals surface area (Å²) in [6, 6.07) is 10.0. The summed E-state index contributed by atoms with van der Waals surface area (Å²) < 4.78 is 11.3. The average molecular weight is 380 g/mol. The van der Waals surface area contributed by atoms with E-state index in [4.69, 9.17) is 19.7 Å². The molecule has 0 amide bonds. The molecule has 28 heavy (non-hydrogen) atoms. The van der Waals surface area contributed by atoms with Crippen LogP contribution in [-0.4, -0.2) is 36.6 Å². The minimum absolute atomic E-state index is 0.0106. The third kappa shape index (κ3) is 6.31. The van der Waals surface area contributed by atoms with E-state index in [2.05, 4.69) is 0 Å². The fourth-order valence-electron chi connectivity index (χ4n) is 2.27. The van der Waals surface area contributed by atoms with Crippen LogP contribution in [0.5, 0.6) is 11.5 Å². The molecular formula is C20H20N4O4. The van der Waals surface area contributed by atoms with Crippen molar-refractivity contribution in [2.75, 3.05) is 26.4 Å². The van der Waals surface area contributed by atoms with Crippen LogP contribution >= 0.6 is 0 Å². The Kier molecular flexibility index (Phi) is 10.2. The molecule has 0 aromatic heterocycles. The number of ether oxygens (including phenoxy) is 2. The van der Waals surface area contributed by atoms with Gasteiger partial charge in [-0.2, -0.15) is 21.0 Å². The van der Waals surface area contributed by atoms with Gasteiger partial charge >= 0.3 is 0 Å². The molecular weight excluding hydrogens is 360 g/mol. The Morgan fingerprint density at radius 3 is 1.32 bits per heavy atom. The standard InChI is InChI=1S/C20H20N4O4/c21-11-15(12-22)17-10-20(28-8-4-2-6-26)18(16(13-23)14-24)9-19(17)27-7-3-1-5-25/h9-10,25-26H,1-8H2. The van der Waals surface area contributed by atoms with E-state index in [1.54, 1.807) is 24.3 Å². The van der Waals surface area contributed by atoms with Crippen molar-refractivity contribution >= 4 is 11.1 Å². The van der Waals surface area contributed by atoms with Gasteiger partial charge < -0.3 is 19.7 Å². The van der Waals surface area contributed by atoms with Crippen LogP contribution in [0.4, 0.5) is 0 Å². The Bertz CT molecular complexity index is 847. The van der Waals surface area contributed by atoms with Crippen LogP contribution in [0, 0.1) is 45.3 Å². The predicted molar refractivity (Wildman–Crippen MR) is 98.6 cm³/mol. The van der Waals surface area contributed by atoms with Crippen molar-refractivity contribution in [3.8, 4) is 35.8 Å². The van der Waals surface area contributed by atoms with Crippen LogP contribution in [0.15, 0.2) is 12.1 Å². The maximum absolute atomic E-state index is 9.24. The lowest BCUT2D eigenvalue weighted by Crippen LogP contribution is -2.21. The lowest BCUT2D eigenvalue weighted by Gasteiger charge is -2.11. The maximum Gasteiger partial charge on any atom is 0.140 e. The first-order valence-corrected chi connectivity index (χ1v) is 8.67. The SMILES string of the molecule is N#CC(C#N)=c1cc(OCCCCO)c(=C(C#N)C#N)cc1OCCCCO. The van der Waals surface area contributed by atoms with E-state index in [-0.39, 0.29) is 59.5 Å². The van der Waals surface area contributed by atoms with Gasteiger partial charge in [-0.15, -0.1) is 0 Å². The molecule has 1 aromatic carbocycles. The molecule has 0 spiro atoms. The molecule has 1 rings (SSSR count). The Labute approximate surface area is 163 Å². The largest absolute Gasteiger partial charge is 0.493 e. The van der Waals surface area contributed by atoms with Crippen molar-refractivity contribution in [3.05, 3.63) is 22.6 Å². The second-order valence-electron chi connectivity index (χ2n) is 5.60. The minimum Gasteiger partial charge on any atom is -0.493 e. The molecule has 0 saturated heterocycles. The molecule has 144 valence electrons. The smallest absolute Gasteiger partial charge is 0.140 e. The summed E-state index contributed by atoms with van der Waals surface area (Å²) in [5.74, 6) is 0.355. The van der Waals surface area contributed by atoms with Gasteiger partial charge in [-0.3, -0.25) is 0 Å². The minimum atomic E-state index is -0.195. The Morgan fingerprint density at radius 2 is 1.04 bits per heavy atom. The van der Waals surface area contributed by atoms with E-state index in [0.29, 0.717) is 25.7 Å². The number of nitriles is 4. The van der Waals surface area contributed by atoms with E-state index in [0.717, 1.165) is 0 Å². The Balaban J connectivity index is 3.58. The molecule has 0 unspecified atom stereocenters. The van der Waals surface area contributed by atoms with Crippen molar-refractivity contribution < 1.29 is 19.7 Å². The van der Waals surface area contributed by atoms with Gasteiger partial charge in [-0.05, 0) is 37.8 Å². The number of unbranched alkanes of at least 4 members (excludes halogenated alkanes) is 2. The first kappa shape index (κ1) is 22.5. The number of aliphatic hydroxyl groups excluding tert-OH is 2. The fourth-order valence-corrected chi connectivity index (χ4v) is 2.27. The van der Waals surface area contributed by atoms with Gasteiger partial charge in [0.1, 0.15) is 46.9 Å². The van der Waals surface area contributed by atoms with E-state index >= 15 is 0 Å². The lowest BCUT2D eigenvalue weighted by atomic mass is 10.1. The molecule has 0 atom stereocenters. The predicted octanol–water partition coefficient (Wildman–Crippen LogP) is 0.385. The van der Waals surface area contributed by atoms with Crippen LogP contribution in [0.1, 0.15) is 25.7 Å². The van der Waals surface area contributed by atoms with E-state index in [1.807, 2.05) is 0 Å². The topological polar surface area (TPSA) is 154 Å². The molecule has 0 saturated carbocycles. The quantitative estimate of drug-likeness (QED) is 0.552. The number of aliphatic hydroxyl groups is 2. The summed E-state index contributed by atoms with van der Waals surface area (Å²) in [5.41, 5.74) is -0.390. The van der Waals surface area contributed by atoms with Crippen LogP contribution in [0.3, 0.4) is 0 Å². The van der Waals surface area contributed by atoms with Crippen molar-refractivity contribution in [2.45, 2.75) is 25.7 Å². The highest BCUT2D eigenvalue weighted by Gasteiger charge is 2.11. The lowest BCUT2D eigenvalue weighted by molar-refractivity contribution is 0.249. The van der Waals surface area contributed by atoms with Crippen LogP contribution in [0.25, 0.3) is 11.1 Å². The molecule has 0 fully saturated rings. The van der Waals surface area contributed by atoms with Gasteiger partial charge in [0.05, 0.1) is 13.2 Å². The highest BCUT2D eigenvalue weighted by Crippen LogP contribution is 2.12. The number of hydrogen-bond acceptors (Lipinski definition) is 8. The summed E-state index contributed by atoms with van der Waals surface area (Å²) in [4.78, 5) is 0. The molecule has 1 aromatic rings. The molecule has 0 heterocycles. The number of hydrogen-bond donors (Lipinski definition) is 2. The second kappa shape index (κ2) is 12.7. The zero-order chi connectivity index (χ0) is 20.8. The summed E-state index contributed by atoms with van der Waals surface area (Å²) in [6.07, 6.45) is 2.14. The molecule has 0 aliphatic rings. The monoisotopic (exact) mass is 380 g/mol. The molecule has 0 radical (unpaired) electrons. The zero-order valence-corrected chi connectivity index (χ0v) is 15.3. The summed E-state index contributed by atoms with van der Waals surface area (Å²) >= 11 is 0. The van der Waals surface area contributed by atoms with Crippen molar-refractivity contribution in [2.24, 2.45) is 0 Å². The fraction of sp³-hybridized carbons (Fsp3) is 0.400. The van der Waals surface area contributed by atoms with Crippen molar-refractivity contribution in [1.29, 1.82) is 21.0 Å². The van der Waals surface area contributed by atoms with Gasteiger partial charge in [0.15, 0.2) is 0 Å². The van der Waals surface area contributed by atoms with Gasteiger partial charge in [0, 0.05) is 23.7 Å². The highest BCUT2D eigenvalue weighted by atomic mass is 16.5. The van der Waals surface area contributed by atoms with Crippen molar-refractivity contribution in [3.63, 3.8) is 0 Å². The van der Waals surface area contributed by atoms with E-state index in [1.165, 1.54) is 12.1 Å². The maximum atomic E-state index is 9.24. The first-order valence-electron chi connectivity index (χ1n) is 8.67. The Morgan fingerprint density at radius 1 is 0.679 bits per heavy atom. The number of nitrogens with zero attached hydrogens (tertiary/aromatic N) is 4. The van der Waals surface area contributed by atoms with Gasteiger partial charge in [-0.25, -0.2) is 0 Å². The van der Waals surface area contributed by atoms with E-state index < -0.39 is 0 Å². The third-order valence-corrected chi connectivity index (χ3v) is 3.69. The molecule has 2 N–H and O–H groups in total. The number of rotatable bonds is 10. The first-order chi connectivity index (χ1) is 13.7. The van der Waals surface area contributed by atoms with Gasteiger partial charge in [-0.1, -0.05) is 0 Å². The third-order valence-electron chi connectivity index (χ3n) is 3.69. The molecule has 8 nitrogen and oxygen atoms in total. The second-order valence-corrected chi connectivity index (χ2v) is 5.60. The van der Waals surface area contributed by atoms with Crippen LogP contribution < -0.4 is 19.9 Å². The molecule has 0 bridgehead atoms. The summed E-state index contributed by atoms with van der Waals surface area (Å²) in [7, 11) is 0. The summed E-state index contributed by atoms with van der Waals surface area (Å²) in [6.45, 7) is 0.470. The van der Waals surface area contributed by atoms with Gasteiger partial charge in [0.2, 0.25) is 0 Å². The Hall–Kier alpha value is -3.56. The summed E-state index contributed by atoms with van der Waals surface area (Å²) in [5, 5.41) is 55.1. The molecule has 8 heteroatoms.